The molecule has 0 saturated carbocycles. The zero-order valence-corrected chi connectivity index (χ0v) is 29.6. The molecule has 2 aromatic rings. The predicted octanol–water partition coefficient (Wildman–Crippen LogP) is 7.56. The fourth-order valence-electron chi connectivity index (χ4n) is 6.64. The van der Waals surface area contributed by atoms with E-state index in [-0.39, 0.29) is 17.5 Å². The maximum atomic E-state index is 13.6. The van der Waals surface area contributed by atoms with E-state index in [1.807, 2.05) is 37.4 Å². The predicted molar refractivity (Wildman–Crippen MR) is 196 cm³/mol. The summed E-state index contributed by atoms with van der Waals surface area (Å²) >= 11 is 0. The van der Waals surface area contributed by atoms with Crippen molar-refractivity contribution in [3.05, 3.63) is 93.9 Å². The summed E-state index contributed by atoms with van der Waals surface area (Å²) in [5.74, 6) is 0.354. The highest BCUT2D eigenvalue weighted by molar-refractivity contribution is 6.19. The largest absolute Gasteiger partial charge is 0.462 e. The molecule has 0 amide bonds. The summed E-state index contributed by atoms with van der Waals surface area (Å²) in [7, 11) is 1.90. The quantitative estimate of drug-likeness (QED) is 0.0591. The van der Waals surface area contributed by atoms with Crippen molar-refractivity contribution < 1.29 is 28.5 Å². The van der Waals surface area contributed by atoms with Crippen LogP contribution in [0.5, 0.6) is 0 Å². The molecular formula is C42H49N2O5+. The first-order chi connectivity index (χ1) is 23.7. The Labute approximate surface area is 289 Å². The molecule has 2 aliphatic carbocycles. The fourth-order valence-corrected chi connectivity index (χ4v) is 6.64. The average Bonchev–Trinajstić information content (AvgIpc) is 3.08. The van der Waals surface area contributed by atoms with Crippen LogP contribution in [-0.2, 0) is 14.3 Å². The number of unbranched alkanes of at least 4 members (excludes halogenated alkanes) is 7. The molecule has 1 heterocycles. The summed E-state index contributed by atoms with van der Waals surface area (Å²) < 4.78 is 12.3. The Morgan fingerprint density at radius 2 is 1.53 bits per heavy atom. The Bertz CT molecular complexity index is 1960. The lowest BCUT2D eigenvalue weighted by molar-refractivity contribution is -0.466. The van der Waals surface area contributed by atoms with Crippen LogP contribution in [0.15, 0.2) is 76.2 Å². The maximum Gasteiger partial charge on any atom is 0.338 e. The molecule has 7 nitrogen and oxygen atoms in total. The Kier molecular flexibility index (Phi) is 12.0. The maximum absolute atomic E-state index is 13.6. The van der Waals surface area contributed by atoms with Gasteiger partial charge < -0.3 is 14.5 Å². The number of esters is 1. The molecular weight excluding hydrogens is 612 g/mol. The van der Waals surface area contributed by atoms with E-state index in [4.69, 9.17) is 9.15 Å². The molecule has 2 aromatic carbocycles. The molecule has 0 radical (unpaired) electrons. The van der Waals surface area contributed by atoms with Crippen molar-refractivity contribution >= 4 is 34.2 Å². The summed E-state index contributed by atoms with van der Waals surface area (Å²) in [6, 6.07) is 16.1. The first-order valence-corrected chi connectivity index (χ1v) is 17.7. The molecule has 5 rings (SSSR count). The van der Waals surface area contributed by atoms with E-state index >= 15 is 0 Å². The second-order valence-electron chi connectivity index (χ2n) is 13.1. The average molecular weight is 662 g/mol. The number of rotatable bonds is 15. The Balaban J connectivity index is 1.19. The molecule has 0 saturated heterocycles. The molecule has 0 fully saturated rings. The van der Waals surface area contributed by atoms with Gasteiger partial charge in [-0.25, -0.2) is 9.79 Å². The van der Waals surface area contributed by atoms with Gasteiger partial charge in [0.05, 0.1) is 18.2 Å². The van der Waals surface area contributed by atoms with E-state index in [0.29, 0.717) is 29.7 Å². The van der Waals surface area contributed by atoms with Crippen LogP contribution in [0.25, 0.3) is 33.4 Å². The number of hydrogen-bond acceptors (Lipinski definition) is 6. The van der Waals surface area contributed by atoms with Crippen LogP contribution in [0, 0.1) is 13.8 Å². The first-order valence-electron chi connectivity index (χ1n) is 17.7. The van der Waals surface area contributed by atoms with Gasteiger partial charge >= 0.3 is 5.97 Å². The van der Waals surface area contributed by atoms with Crippen molar-refractivity contribution in [3.63, 3.8) is 0 Å². The van der Waals surface area contributed by atoms with Gasteiger partial charge in [-0.05, 0) is 88.4 Å². The highest BCUT2D eigenvalue weighted by Gasteiger charge is 2.24. The summed E-state index contributed by atoms with van der Waals surface area (Å²) in [5.41, 5.74) is 8.40. The van der Waals surface area contributed by atoms with E-state index < -0.39 is 0 Å². The minimum Gasteiger partial charge on any atom is -0.462 e. The minimum atomic E-state index is -0.318. The number of hydrogen-bond donors (Lipinski definition) is 2. The van der Waals surface area contributed by atoms with Gasteiger partial charge in [0.2, 0.25) is 5.36 Å². The molecule has 0 aromatic heterocycles. The number of fused-ring (bicyclic) bond motifs is 2. The van der Waals surface area contributed by atoms with Gasteiger partial charge in [-0.15, -0.1) is 0 Å². The third kappa shape index (κ3) is 8.45. The van der Waals surface area contributed by atoms with Crippen LogP contribution in [-0.4, -0.2) is 37.7 Å². The lowest BCUT2D eigenvalue weighted by Crippen LogP contribution is -2.72. The van der Waals surface area contributed by atoms with Crippen LogP contribution >= 0.6 is 0 Å². The molecule has 0 spiro atoms. The number of carbonyl (C=O) groups excluding carboxylic acids is 3. The highest BCUT2D eigenvalue weighted by Crippen LogP contribution is 2.43. The van der Waals surface area contributed by atoms with E-state index in [0.717, 1.165) is 114 Å². The van der Waals surface area contributed by atoms with Gasteiger partial charge in [-0.1, -0.05) is 56.7 Å². The van der Waals surface area contributed by atoms with Crippen molar-refractivity contribution in [1.29, 1.82) is 0 Å². The summed E-state index contributed by atoms with van der Waals surface area (Å²) in [5, 5.41) is 5.37. The van der Waals surface area contributed by atoms with Gasteiger partial charge in [0, 0.05) is 51.5 Å². The second kappa shape index (κ2) is 16.6. The molecule has 7 heteroatoms. The number of aryl methyl sites for hydroxylation is 2. The summed E-state index contributed by atoms with van der Waals surface area (Å²) in [6.45, 7) is 9.10. The molecule has 0 unspecified atom stereocenters. The number of allylic oxidation sites excluding steroid dienone is 4. The lowest BCUT2D eigenvalue weighted by Gasteiger charge is -2.19. The van der Waals surface area contributed by atoms with Gasteiger partial charge in [0.1, 0.15) is 18.4 Å². The normalized spacial score (nSPS) is 13.6. The minimum absolute atomic E-state index is 0.0218. The number of ether oxygens (including phenoxy) is 1. The van der Waals surface area contributed by atoms with Gasteiger partial charge in [-0.2, -0.15) is 0 Å². The molecule has 0 atom stereocenters. The van der Waals surface area contributed by atoms with E-state index in [1.54, 1.807) is 6.92 Å². The van der Waals surface area contributed by atoms with Crippen LogP contribution in [0.1, 0.15) is 93.1 Å². The number of benzene rings is 3. The molecule has 256 valence electrons. The summed E-state index contributed by atoms with van der Waals surface area (Å²) in [6.07, 6.45) is 11.9. The zero-order chi connectivity index (χ0) is 34.9. The van der Waals surface area contributed by atoms with Crippen molar-refractivity contribution in [2.45, 2.75) is 85.5 Å². The Morgan fingerprint density at radius 3 is 2.27 bits per heavy atom. The molecule has 3 aliphatic rings. The second-order valence-corrected chi connectivity index (χ2v) is 13.1. The lowest BCUT2D eigenvalue weighted by atomic mass is 9.89. The number of anilines is 1. The molecule has 1 aliphatic heterocycles. The van der Waals surface area contributed by atoms with Gasteiger partial charge in [-0.3, -0.25) is 9.59 Å². The monoisotopic (exact) mass is 661 g/mol. The van der Waals surface area contributed by atoms with Crippen molar-refractivity contribution in [2.75, 3.05) is 25.5 Å². The fraction of sp³-hybridized carbons (Fsp3) is 0.381. The number of carbonyl (C=O) groups is 3. The topological polar surface area (TPSA) is 99.6 Å². The van der Waals surface area contributed by atoms with E-state index in [1.165, 1.54) is 12.2 Å². The van der Waals surface area contributed by atoms with Crippen molar-refractivity contribution in [3.8, 4) is 22.5 Å². The van der Waals surface area contributed by atoms with Gasteiger partial charge in [0.15, 0.2) is 11.6 Å². The van der Waals surface area contributed by atoms with Crippen LogP contribution in [0.2, 0.25) is 0 Å². The van der Waals surface area contributed by atoms with Crippen molar-refractivity contribution in [1.82, 2.24) is 0 Å². The van der Waals surface area contributed by atoms with E-state index in [2.05, 4.69) is 49.3 Å². The zero-order valence-electron chi connectivity index (χ0n) is 29.6. The van der Waals surface area contributed by atoms with Gasteiger partial charge in [0.25, 0.3) is 0 Å². The Morgan fingerprint density at radius 1 is 0.816 bits per heavy atom. The third-order valence-corrected chi connectivity index (χ3v) is 9.40. The molecule has 49 heavy (non-hydrogen) atoms. The smallest absolute Gasteiger partial charge is 0.338 e. The summed E-state index contributed by atoms with van der Waals surface area (Å²) in [4.78, 5) is 40.8. The number of ketones is 2. The number of nitrogens with one attached hydrogen (secondary N) is 2. The van der Waals surface area contributed by atoms with Crippen LogP contribution < -0.4 is 15.7 Å². The van der Waals surface area contributed by atoms with Crippen molar-refractivity contribution in [2.24, 2.45) is 0 Å². The van der Waals surface area contributed by atoms with Crippen LogP contribution in [0.3, 0.4) is 0 Å². The molecule has 0 bridgehead atoms. The SMILES string of the molecule is CCNc1cc2oc3cc(=[NH+]C)c(C)cc-3c(-c3ccccc3C(=O)OCCCCCCCCCCC3=CC(=O)C(C)=CC3=O)c2cc1C. The first kappa shape index (κ1) is 35.5. The van der Waals surface area contributed by atoms with E-state index in [9.17, 15) is 14.4 Å². The third-order valence-electron chi connectivity index (χ3n) is 9.40. The van der Waals surface area contributed by atoms with Crippen LogP contribution in [0.4, 0.5) is 5.69 Å². The standard InChI is InChI=1S/C42H48N2O5/c1-6-44-36-26-40-34(22-28(36)3)41(33-21-27(2)35(43-5)25-39(33)49-40)31-18-14-15-19-32(31)42(47)48-20-16-12-10-8-7-9-11-13-17-30-24-37(45)29(4)23-38(30)46/h14-15,18-19,21-26,44H,6-13,16-17,20H2,1-5H3/p+1. The molecule has 2 N–H and O–H groups in total. The highest BCUT2D eigenvalue weighted by atomic mass is 16.5. The Hall–Kier alpha value is -4.78.